The number of hydrogen-bond acceptors (Lipinski definition) is 0. The van der Waals surface area contributed by atoms with E-state index in [0.29, 0.717) is 0 Å². The van der Waals surface area contributed by atoms with Crippen molar-refractivity contribution >= 4 is 9.24 Å². The van der Waals surface area contributed by atoms with Gasteiger partial charge in [-0.2, -0.15) is 0 Å². The van der Waals surface area contributed by atoms with Crippen LogP contribution in [0.2, 0.25) is 0 Å². The Bertz CT molecular complexity index is 56.7. The van der Waals surface area contributed by atoms with Gasteiger partial charge in [0.2, 0.25) is 2.86 Å². The summed E-state index contributed by atoms with van der Waals surface area (Å²) in [6.45, 7) is 12.5. The van der Waals surface area contributed by atoms with Crippen LogP contribution in [0.25, 0.3) is 0 Å². The first kappa shape index (κ1) is 19.3. The molecule has 1 radical (unpaired) electrons. The number of unbranched alkanes of at least 4 members (excludes halogenated alkanes) is 2. The fraction of sp³-hybridized carbons (Fsp3) is 0.800. The Morgan fingerprint density at radius 2 is 1.54 bits per heavy atom. The molecule has 0 fully saturated rings. The molecule has 0 aliphatic rings. The van der Waals surface area contributed by atoms with E-state index < -0.39 is 0 Å². The number of rotatable bonds is 3. The second-order valence-electron chi connectivity index (χ2n) is 2.20. The van der Waals surface area contributed by atoms with Crippen molar-refractivity contribution in [2.45, 2.75) is 46.5 Å². The van der Waals surface area contributed by atoms with Gasteiger partial charge in [0.25, 0.3) is 0 Å². The normalized spacial score (nSPS) is 7.38. The van der Waals surface area contributed by atoms with Crippen molar-refractivity contribution in [1.82, 2.24) is 0 Å². The van der Waals surface area contributed by atoms with Gasteiger partial charge >= 0.3 is 0 Å². The van der Waals surface area contributed by atoms with Crippen LogP contribution in [0.15, 0.2) is 13.2 Å². The Balaban J connectivity index is -0.0000000322. The minimum absolute atomic E-state index is 0. The first-order valence-electron chi connectivity index (χ1n) is 5.35. The van der Waals surface area contributed by atoms with E-state index in [9.17, 15) is 0 Å². The van der Waals surface area contributed by atoms with Crippen LogP contribution in [0, 0.1) is 0 Å². The standard InChI is InChI=1S/C5H13P.C3H8.C2H4.H2O.V/c1-2-3-4-5-6;1-3-2;1-2;;/h2-6H2,1H3;3H2,1-2H3;1-2H2;1H2;/i/hD2. The number of hydrogen-bond donors (Lipinski definition) is 0. The van der Waals surface area contributed by atoms with Gasteiger partial charge in [-0.1, -0.05) is 40.0 Å². The smallest absolute Gasteiger partial charge is 0.206 e. The third kappa shape index (κ3) is 106. The Morgan fingerprint density at radius 1 is 1.23 bits per heavy atom. The van der Waals surface area contributed by atoms with Crippen LogP contribution in [-0.4, -0.2) is 14.5 Å². The zero-order chi connectivity index (χ0) is 12.2. The summed E-state index contributed by atoms with van der Waals surface area (Å²) in [7, 11) is 2.73. The first-order chi connectivity index (χ1) is 6.74. The summed E-state index contributed by atoms with van der Waals surface area (Å²) in [5.41, 5.74) is 2.75. The van der Waals surface area contributed by atoms with Crippen LogP contribution in [-0.2, 0) is 18.6 Å². The van der Waals surface area contributed by atoms with E-state index in [2.05, 4.69) is 48.6 Å². The molecule has 0 aromatic carbocycles. The molecule has 0 spiro atoms. The van der Waals surface area contributed by atoms with E-state index in [-0.39, 0.29) is 18.6 Å². The van der Waals surface area contributed by atoms with Crippen molar-refractivity contribution in [3.63, 3.8) is 0 Å². The summed E-state index contributed by atoms with van der Waals surface area (Å²) in [5.74, 6) is 0. The van der Waals surface area contributed by atoms with Crippen molar-refractivity contribution in [2.24, 2.45) is 0 Å². The SMILES string of the molecule is C=C.CCC.CCCCCP.[2H]O[2H].[V]. The van der Waals surface area contributed by atoms with Crippen LogP contribution in [0.1, 0.15) is 46.5 Å². The van der Waals surface area contributed by atoms with Crippen molar-refractivity contribution in [3.8, 4) is 0 Å². The van der Waals surface area contributed by atoms with E-state index in [1.807, 2.05) is 0 Å². The van der Waals surface area contributed by atoms with Gasteiger partial charge in [0.1, 0.15) is 0 Å². The van der Waals surface area contributed by atoms with Gasteiger partial charge in [0.05, 0.1) is 0 Å². The monoisotopic (exact) mass is 247 g/mol. The first-order valence-corrected chi connectivity index (χ1v) is 5.35. The van der Waals surface area contributed by atoms with Gasteiger partial charge in [-0.15, -0.1) is 22.4 Å². The molecule has 1 unspecified atom stereocenters. The molecule has 83 valence electrons. The third-order valence-electron chi connectivity index (χ3n) is 0.808. The second-order valence-corrected chi connectivity index (χ2v) is 2.78. The Hall–Kier alpha value is 0.714. The van der Waals surface area contributed by atoms with Crippen LogP contribution in [0.3, 0.4) is 0 Å². The predicted octanol–water partition coefficient (Wildman–Crippen LogP) is 3.44. The molecule has 0 amide bonds. The van der Waals surface area contributed by atoms with Crippen molar-refractivity contribution in [2.75, 3.05) is 6.16 Å². The van der Waals surface area contributed by atoms with Gasteiger partial charge < -0.3 is 5.48 Å². The summed E-state index contributed by atoms with van der Waals surface area (Å²) in [6, 6.07) is 0. The maximum absolute atomic E-state index is 5.38. The Kier molecular flexibility index (Phi) is 79.4. The molecule has 0 aromatic rings. The van der Waals surface area contributed by atoms with Crippen molar-refractivity contribution in [1.29, 1.82) is 2.86 Å². The zero-order valence-electron chi connectivity index (χ0n) is 11.4. The minimum Gasteiger partial charge on any atom is -0.412 e. The van der Waals surface area contributed by atoms with E-state index in [1.54, 1.807) is 0 Å². The van der Waals surface area contributed by atoms with E-state index in [1.165, 1.54) is 31.8 Å². The third-order valence-corrected chi connectivity index (χ3v) is 1.22. The summed E-state index contributed by atoms with van der Waals surface area (Å²) in [5, 5.41) is 0. The molecule has 1 nitrogen and oxygen atoms in total. The Morgan fingerprint density at radius 3 is 1.62 bits per heavy atom. The molecule has 2 N–H and O–H groups in total. The van der Waals surface area contributed by atoms with Crippen LogP contribution in [0.4, 0.5) is 0 Å². The quantitative estimate of drug-likeness (QED) is 0.415. The molecule has 0 bridgehead atoms. The van der Waals surface area contributed by atoms with Gasteiger partial charge in [-0.25, -0.2) is 0 Å². The molecule has 0 saturated carbocycles. The summed E-state index contributed by atoms with van der Waals surface area (Å²) >= 11 is 0. The molecular weight excluding hydrogens is 218 g/mol. The molecule has 13 heavy (non-hydrogen) atoms. The summed E-state index contributed by atoms with van der Waals surface area (Å²) < 4.78 is 10.8. The minimum atomic E-state index is 0. The largest absolute Gasteiger partial charge is 0.412 e. The van der Waals surface area contributed by atoms with Gasteiger partial charge in [0.15, 0.2) is 0 Å². The second kappa shape index (κ2) is 53.4. The molecule has 0 aliphatic heterocycles. The topological polar surface area (TPSA) is 31.5 Å². The molecule has 0 aliphatic carbocycles. The molecular formula is C10H27OPV. The van der Waals surface area contributed by atoms with Crippen LogP contribution >= 0.6 is 9.24 Å². The molecule has 3 heteroatoms. The zero-order valence-corrected chi connectivity index (χ0v) is 11.9. The van der Waals surface area contributed by atoms with Gasteiger partial charge in [-0.05, 0) is 12.6 Å². The summed E-state index contributed by atoms with van der Waals surface area (Å²) in [4.78, 5) is 0. The Labute approximate surface area is 102 Å². The van der Waals surface area contributed by atoms with Crippen LogP contribution in [0.5, 0.6) is 0 Å². The molecule has 0 heterocycles. The fourth-order valence-electron chi connectivity index (χ4n) is 0.394. The summed E-state index contributed by atoms with van der Waals surface area (Å²) in [6.07, 6.45) is 6.63. The maximum Gasteiger partial charge on any atom is 0.206 e. The van der Waals surface area contributed by atoms with Crippen molar-refractivity contribution in [3.05, 3.63) is 13.2 Å². The van der Waals surface area contributed by atoms with E-state index in [4.69, 9.17) is 2.86 Å². The van der Waals surface area contributed by atoms with E-state index >= 15 is 0 Å². The van der Waals surface area contributed by atoms with Gasteiger partial charge in [-0.3, -0.25) is 0 Å². The molecule has 1 atom stereocenters. The van der Waals surface area contributed by atoms with Gasteiger partial charge in [0, 0.05) is 18.6 Å². The van der Waals surface area contributed by atoms with Crippen molar-refractivity contribution < 1.29 is 24.0 Å². The average molecular weight is 247 g/mol. The maximum atomic E-state index is 5.38. The molecule has 0 rings (SSSR count). The average Bonchev–Trinajstić information content (AvgIpc) is 2.20. The van der Waals surface area contributed by atoms with E-state index in [0.717, 1.165) is 0 Å². The molecule has 0 saturated heterocycles. The molecule has 0 aromatic heterocycles. The predicted molar refractivity (Wildman–Crippen MR) is 64.9 cm³/mol. The van der Waals surface area contributed by atoms with Crippen LogP contribution < -0.4 is 0 Å². The fourth-order valence-corrected chi connectivity index (χ4v) is 0.683.